The molecule has 9 nitrogen and oxygen atoms in total. The lowest BCUT2D eigenvalue weighted by Gasteiger charge is -2.17. The van der Waals surface area contributed by atoms with Gasteiger partial charge in [0.1, 0.15) is 11.3 Å². The molecule has 0 spiro atoms. The van der Waals surface area contributed by atoms with Crippen LogP contribution < -0.4 is 5.73 Å². The van der Waals surface area contributed by atoms with E-state index in [1.807, 2.05) is 6.07 Å². The summed E-state index contributed by atoms with van der Waals surface area (Å²) in [4.78, 5) is 39.9. The molecular weight excluding hydrogens is 340 g/mol. The maximum Gasteiger partial charge on any atom is 0.303 e. The van der Waals surface area contributed by atoms with E-state index in [4.69, 9.17) is 10.8 Å². The van der Waals surface area contributed by atoms with Crippen molar-refractivity contribution in [1.29, 1.82) is 0 Å². The van der Waals surface area contributed by atoms with Gasteiger partial charge in [-0.15, -0.1) is 0 Å². The summed E-state index contributed by atoms with van der Waals surface area (Å²) >= 11 is 0. The smallest absolute Gasteiger partial charge is 0.303 e. The molecule has 1 fully saturated rings. The van der Waals surface area contributed by atoms with E-state index in [0.29, 0.717) is 12.2 Å². The number of nitrogens with two attached hydrogens (primary N) is 1. The van der Waals surface area contributed by atoms with Crippen LogP contribution in [0, 0.1) is 0 Å². The first-order valence-electron chi connectivity index (χ1n) is 8.32. The molecule has 26 heavy (non-hydrogen) atoms. The Morgan fingerprint density at radius 2 is 1.96 bits per heavy atom. The zero-order chi connectivity index (χ0) is 18.8. The number of β-amino-alcohol motifs (C(OH)–C–C–N with tert-alkyl or cyclic N) is 1. The largest absolute Gasteiger partial charge is 0.481 e. The number of nitrogens with zero attached hydrogens (tertiary/aromatic N) is 3. The molecule has 2 aromatic rings. The molecule has 2 amide bonds. The molecule has 0 aliphatic carbocycles. The average molecular weight is 360 g/mol. The van der Waals surface area contributed by atoms with E-state index >= 15 is 0 Å². The Balaban J connectivity index is 1.76. The number of carboxylic acids is 1. The van der Waals surface area contributed by atoms with E-state index in [1.165, 1.54) is 4.90 Å². The lowest BCUT2D eigenvalue weighted by atomic mass is 10.2. The van der Waals surface area contributed by atoms with Crippen LogP contribution in [0.5, 0.6) is 0 Å². The van der Waals surface area contributed by atoms with Crippen molar-refractivity contribution >= 4 is 28.8 Å². The molecule has 0 saturated carbocycles. The van der Waals surface area contributed by atoms with Crippen LogP contribution in [0.1, 0.15) is 35.8 Å². The zero-order valence-corrected chi connectivity index (χ0v) is 14.0. The molecule has 3 rings (SSSR count). The van der Waals surface area contributed by atoms with Crippen molar-refractivity contribution in [1.82, 2.24) is 14.5 Å². The van der Waals surface area contributed by atoms with Crippen LogP contribution in [0.2, 0.25) is 0 Å². The molecule has 2 atom stereocenters. The molecule has 1 aliphatic heterocycles. The predicted molar refractivity (Wildman–Crippen MR) is 91.4 cm³/mol. The molecule has 0 bridgehead atoms. The lowest BCUT2D eigenvalue weighted by Crippen LogP contribution is -2.29. The number of hydrogen-bond acceptors (Lipinski definition) is 5. The number of hydrogen-bond donors (Lipinski definition) is 3. The standard InChI is InChI=1S/C17H20N4O5/c18-16(26)11-5-4-10-6-7-21(17(10)19-11)12-8-20(9-13(12)22)14(23)2-1-3-15(24)25/h4-7,12-13,22H,1-3,8-9H2,(H2,18,26)(H,24,25)/t12-,13-/m1/s1. The number of pyridine rings is 1. The number of aliphatic hydroxyl groups excluding tert-OH is 1. The van der Waals surface area contributed by atoms with Crippen LogP contribution in [0.4, 0.5) is 0 Å². The van der Waals surface area contributed by atoms with E-state index in [1.54, 1.807) is 22.9 Å². The van der Waals surface area contributed by atoms with Crippen molar-refractivity contribution in [3.8, 4) is 0 Å². The number of likely N-dealkylation sites (tertiary alicyclic amines) is 1. The van der Waals surface area contributed by atoms with Gasteiger partial charge in [-0.25, -0.2) is 4.98 Å². The normalized spacial score (nSPS) is 19.8. The number of aliphatic carboxylic acids is 1. The summed E-state index contributed by atoms with van der Waals surface area (Å²) in [7, 11) is 0. The quantitative estimate of drug-likeness (QED) is 0.669. The minimum absolute atomic E-state index is 0.0619. The van der Waals surface area contributed by atoms with Crippen LogP contribution in [-0.2, 0) is 9.59 Å². The number of carbonyl (C=O) groups is 3. The van der Waals surface area contributed by atoms with Gasteiger partial charge in [0.05, 0.1) is 12.1 Å². The summed E-state index contributed by atoms with van der Waals surface area (Å²) in [5, 5.41) is 19.9. The van der Waals surface area contributed by atoms with Crippen molar-refractivity contribution in [2.75, 3.05) is 13.1 Å². The highest BCUT2D eigenvalue weighted by atomic mass is 16.4. The van der Waals surface area contributed by atoms with Gasteiger partial charge < -0.3 is 25.4 Å². The molecular formula is C17H20N4O5. The number of amides is 2. The highest BCUT2D eigenvalue weighted by Crippen LogP contribution is 2.27. The molecule has 3 heterocycles. The van der Waals surface area contributed by atoms with Crippen LogP contribution in [0.3, 0.4) is 0 Å². The Morgan fingerprint density at radius 3 is 2.65 bits per heavy atom. The monoisotopic (exact) mass is 360 g/mol. The summed E-state index contributed by atoms with van der Waals surface area (Å²) < 4.78 is 1.75. The summed E-state index contributed by atoms with van der Waals surface area (Å²) in [6.45, 7) is 0.463. The molecule has 1 saturated heterocycles. The Labute approximate surface area is 149 Å². The van der Waals surface area contributed by atoms with Gasteiger partial charge >= 0.3 is 5.97 Å². The molecule has 0 unspecified atom stereocenters. The maximum atomic E-state index is 12.2. The minimum atomic E-state index is -0.938. The molecule has 0 aromatic carbocycles. The summed E-state index contributed by atoms with van der Waals surface area (Å²) in [6.07, 6.45) is 1.31. The molecule has 1 aliphatic rings. The number of rotatable bonds is 6. The number of fused-ring (bicyclic) bond motifs is 1. The van der Waals surface area contributed by atoms with Gasteiger partial charge in [0.15, 0.2) is 0 Å². The van der Waals surface area contributed by atoms with Crippen molar-refractivity contribution < 1.29 is 24.6 Å². The van der Waals surface area contributed by atoms with Gasteiger partial charge in [-0.1, -0.05) is 0 Å². The number of aromatic nitrogens is 2. The van der Waals surface area contributed by atoms with E-state index in [2.05, 4.69) is 4.98 Å². The van der Waals surface area contributed by atoms with E-state index < -0.39 is 24.0 Å². The number of carbonyl (C=O) groups excluding carboxylic acids is 2. The fourth-order valence-electron chi connectivity index (χ4n) is 3.23. The van der Waals surface area contributed by atoms with E-state index in [-0.39, 0.29) is 37.4 Å². The average Bonchev–Trinajstić information content (AvgIpc) is 3.16. The highest BCUT2D eigenvalue weighted by Gasteiger charge is 2.35. The van der Waals surface area contributed by atoms with Crippen LogP contribution in [-0.4, -0.2) is 61.6 Å². The van der Waals surface area contributed by atoms with Gasteiger partial charge in [-0.05, 0) is 24.6 Å². The topological polar surface area (TPSA) is 139 Å². The third-order valence-electron chi connectivity index (χ3n) is 4.57. The Hall–Kier alpha value is -2.94. The first-order chi connectivity index (χ1) is 12.4. The second kappa shape index (κ2) is 7.12. The van der Waals surface area contributed by atoms with Gasteiger partial charge in [-0.3, -0.25) is 14.4 Å². The van der Waals surface area contributed by atoms with Crippen molar-refractivity contribution in [2.45, 2.75) is 31.4 Å². The maximum absolute atomic E-state index is 12.2. The van der Waals surface area contributed by atoms with Gasteiger partial charge in [0, 0.05) is 37.5 Å². The van der Waals surface area contributed by atoms with Crippen LogP contribution >= 0.6 is 0 Å². The Kier molecular flexibility index (Phi) is 4.90. The van der Waals surface area contributed by atoms with Crippen LogP contribution in [0.15, 0.2) is 24.4 Å². The third kappa shape index (κ3) is 3.52. The van der Waals surface area contributed by atoms with Crippen LogP contribution in [0.25, 0.3) is 11.0 Å². The molecule has 138 valence electrons. The Bertz CT molecular complexity index is 862. The number of aliphatic hydroxyl groups is 1. The third-order valence-corrected chi connectivity index (χ3v) is 4.57. The SMILES string of the molecule is NC(=O)c1ccc2ccn([C@@H]3CN(C(=O)CCCC(=O)O)C[C@H]3O)c2n1. The van der Waals surface area contributed by atoms with Gasteiger partial charge in [0.25, 0.3) is 5.91 Å². The summed E-state index contributed by atoms with van der Waals surface area (Å²) in [6, 6.07) is 4.69. The lowest BCUT2D eigenvalue weighted by molar-refractivity contribution is -0.137. The fraction of sp³-hybridized carbons (Fsp3) is 0.412. The molecule has 2 aromatic heterocycles. The molecule has 0 radical (unpaired) electrons. The van der Waals surface area contributed by atoms with Gasteiger partial charge in [-0.2, -0.15) is 0 Å². The predicted octanol–water partition coefficient (Wildman–Crippen LogP) is 0.134. The van der Waals surface area contributed by atoms with E-state index in [0.717, 1.165) is 5.39 Å². The van der Waals surface area contributed by atoms with Crippen molar-refractivity contribution in [3.63, 3.8) is 0 Å². The second-order valence-corrected chi connectivity index (χ2v) is 6.38. The fourth-order valence-corrected chi connectivity index (χ4v) is 3.23. The number of primary amides is 1. The second-order valence-electron chi connectivity index (χ2n) is 6.38. The van der Waals surface area contributed by atoms with Crippen molar-refractivity contribution in [2.24, 2.45) is 5.73 Å². The van der Waals surface area contributed by atoms with Crippen molar-refractivity contribution in [3.05, 3.63) is 30.1 Å². The molecule has 9 heteroatoms. The van der Waals surface area contributed by atoms with E-state index in [9.17, 15) is 19.5 Å². The first kappa shape index (κ1) is 17.9. The minimum Gasteiger partial charge on any atom is -0.481 e. The molecule has 4 N–H and O–H groups in total. The highest BCUT2D eigenvalue weighted by molar-refractivity contribution is 5.93. The van der Waals surface area contributed by atoms with Gasteiger partial charge in [0.2, 0.25) is 5.91 Å². The Morgan fingerprint density at radius 1 is 1.19 bits per heavy atom. The summed E-state index contributed by atoms with van der Waals surface area (Å²) in [5.41, 5.74) is 5.93. The zero-order valence-electron chi connectivity index (χ0n) is 14.0. The summed E-state index contributed by atoms with van der Waals surface area (Å²) in [5.74, 6) is -1.76. The first-order valence-corrected chi connectivity index (χ1v) is 8.32. The number of carboxylic acid groups (broad SMARTS) is 1.